The third kappa shape index (κ3) is 17.8. The first-order valence-corrected chi connectivity index (χ1v) is 8.02. The zero-order valence-corrected chi connectivity index (χ0v) is 13.2. The molecule has 0 aliphatic carbocycles. The van der Waals surface area contributed by atoms with Gasteiger partial charge in [0.2, 0.25) is 0 Å². The van der Waals surface area contributed by atoms with Gasteiger partial charge in [0.05, 0.1) is 39.6 Å². The van der Waals surface area contributed by atoms with Crippen molar-refractivity contribution < 1.29 is 18.9 Å². The average Bonchev–Trinajstić information content (AvgIpc) is 2.47. The first-order chi connectivity index (χ1) is 9.91. The largest absolute Gasteiger partial charge is 0.379 e. The van der Waals surface area contributed by atoms with Crippen molar-refractivity contribution in [3.63, 3.8) is 0 Å². The Morgan fingerprint density at radius 1 is 0.550 bits per heavy atom. The lowest BCUT2D eigenvalue weighted by Crippen LogP contribution is -2.12. The van der Waals surface area contributed by atoms with Crippen molar-refractivity contribution in [2.24, 2.45) is 0 Å². The quantitative estimate of drug-likeness (QED) is 0.385. The van der Waals surface area contributed by atoms with Crippen LogP contribution in [0.4, 0.5) is 0 Å². The van der Waals surface area contributed by atoms with E-state index in [9.17, 15) is 0 Å². The van der Waals surface area contributed by atoms with Gasteiger partial charge in [-0.3, -0.25) is 0 Å². The zero-order chi connectivity index (χ0) is 14.7. The molecule has 4 heteroatoms. The first kappa shape index (κ1) is 19.8. The molecule has 0 aliphatic heterocycles. The molecule has 0 atom stereocenters. The summed E-state index contributed by atoms with van der Waals surface area (Å²) in [4.78, 5) is 0. The van der Waals surface area contributed by atoms with Gasteiger partial charge in [0.25, 0.3) is 0 Å². The van der Waals surface area contributed by atoms with E-state index in [0.29, 0.717) is 46.2 Å². The maximum absolute atomic E-state index is 5.51. The topological polar surface area (TPSA) is 36.9 Å². The van der Waals surface area contributed by atoms with Gasteiger partial charge in [-0.2, -0.15) is 0 Å². The second-order valence-electron chi connectivity index (χ2n) is 4.72. The molecule has 20 heavy (non-hydrogen) atoms. The monoisotopic (exact) mass is 289 g/mol. The van der Waals surface area contributed by atoms with Crippen LogP contribution in [0.5, 0.6) is 0 Å². The van der Waals surface area contributed by atoms with Crippen molar-refractivity contribution in [3.8, 4) is 0 Å². The maximum Gasteiger partial charge on any atom is 0.0701 e. The van der Waals surface area contributed by atoms with Crippen molar-refractivity contribution in [3.05, 3.63) is 6.92 Å². The van der Waals surface area contributed by atoms with Crippen LogP contribution in [-0.2, 0) is 18.9 Å². The van der Waals surface area contributed by atoms with Gasteiger partial charge in [-0.25, -0.2) is 0 Å². The number of rotatable bonds is 17. The van der Waals surface area contributed by atoms with Crippen LogP contribution in [0.25, 0.3) is 0 Å². The van der Waals surface area contributed by atoms with Crippen LogP contribution in [0.3, 0.4) is 0 Å². The van der Waals surface area contributed by atoms with Crippen molar-refractivity contribution in [2.45, 2.75) is 45.4 Å². The highest BCUT2D eigenvalue weighted by molar-refractivity contribution is 4.43. The predicted molar refractivity (Wildman–Crippen MR) is 82.0 cm³/mol. The molecule has 121 valence electrons. The molecule has 0 N–H and O–H groups in total. The summed E-state index contributed by atoms with van der Waals surface area (Å²) in [6.07, 6.45) is 7.81. The molecule has 0 rings (SSSR count). The fourth-order valence-electron chi connectivity index (χ4n) is 1.75. The van der Waals surface area contributed by atoms with Crippen LogP contribution < -0.4 is 0 Å². The summed E-state index contributed by atoms with van der Waals surface area (Å²) in [5.41, 5.74) is 0. The normalized spacial score (nSPS) is 11.1. The second-order valence-corrected chi connectivity index (χ2v) is 4.72. The molecule has 1 radical (unpaired) electrons. The van der Waals surface area contributed by atoms with E-state index in [1.807, 2.05) is 0 Å². The molecule has 0 amide bonds. The third-order valence-corrected chi connectivity index (χ3v) is 2.90. The van der Waals surface area contributed by atoms with Crippen LogP contribution >= 0.6 is 0 Å². The molecule has 0 saturated heterocycles. The summed E-state index contributed by atoms with van der Waals surface area (Å²) in [7, 11) is 0. The smallest absolute Gasteiger partial charge is 0.0701 e. The summed E-state index contributed by atoms with van der Waals surface area (Å²) < 4.78 is 21.3. The van der Waals surface area contributed by atoms with Crippen molar-refractivity contribution in [2.75, 3.05) is 52.9 Å². The molecule has 0 spiro atoms. The van der Waals surface area contributed by atoms with E-state index in [4.69, 9.17) is 18.9 Å². The number of hydrogen-bond acceptors (Lipinski definition) is 4. The van der Waals surface area contributed by atoms with Crippen molar-refractivity contribution in [1.82, 2.24) is 0 Å². The standard InChI is InChI=1S/C16H33O4/c1-3-5-6-7-8-9-10-18-13-14-20-16-15-19-12-11-17-4-2/h2-16H2,1H3. The highest BCUT2D eigenvalue weighted by atomic mass is 16.6. The summed E-state index contributed by atoms with van der Waals surface area (Å²) in [6, 6.07) is 0. The Bertz CT molecular complexity index is 147. The highest BCUT2D eigenvalue weighted by Gasteiger charge is 1.93. The SMILES string of the molecule is [CH2]COCCOCCOCCOCCCCCCCC. The molecule has 0 aromatic heterocycles. The molecule has 0 heterocycles. The zero-order valence-electron chi connectivity index (χ0n) is 13.2. The molecule has 4 nitrogen and oxygen atoms in total. The Hall–Kier alpha value is -0.160. The second kappa shape index (κ2) is 18.8. The molecule has 0 unspecified atom stereocenters. The molecular formula is C16H33O4. The maximum atomic E-state index is 5.51. The fourth-order valence-corrected chi connectivity index (χ4v) is 1.75. The molecule has 0 fully saturated rings. The Kier molecular flexibility index (Phi) is 18.7. The van der Waals surface area contributed by atoms with Gasteiger partial charge < -0.3 is 18.9 Å². The van der Waals surface area contributed by atoms with E-state index >= 15 is 0 Å². The van der Waals surface area contributed by atoms with Gasteiger partial charge in [0.1, 0.15) is 0 Å². The van der Waals surface area contributed by atoms with Crippen LogP contribution in [-0.4, -0.2) is 52.9 Å². The summed E-state index contributed by atoms with van der Waals surface area (Å²) in [5.74, 6) is 0. The highest BCUT2D eigenvalue weighted by Crippen LogP contribution is 2.04. The van der Waals surface area contributed by atoms with Crippen LogP contribution in [0.1, 0.15) is 45.4 Å². The molecular weight excluding hydrogens is 256 g/mol. The Morgan fingerprint density at radius 2 is 1.00 bits per heavy atom. The van der Waals surface area contributed by atoms with E-state index < -0.39 is 0 Å². The van der Waals surface area contributed by atoms with E-state index in [1.165, 1.54) is 38.5 Å². The van der Waals surface area contributed by atoms with Gasteiger partial charge in [-0.15, -0.1) is 0 Å². The first-order valence-electron chi connectivity index (χ1n) is 8.02. The average molecular weight is 289 g/mol. The van der Waals surface area contributed by atoms with Crippen molar-refractivity contribution >= 4 is 0 Å². The molecule has 0 aromatic carbocycles. The lowest BCUT2D eigenvalue weighted by Gasteiger charge is -2.07. The van der Waals surface area contributed by atoms with E-state index in [2.05, 4.69) is 13.8 Å². The van der Waals surface area contributed by atoms with Gasteiger partial charge in [-0.05, 0) is 13.3 Å². The van der Waals surface area contributed by atoms with E-state index in [0.717, 1.165) is 6.61 Å². The summed E-state index contributed by atoms with van der Waals surface area (Å²) in [6.45, 7) is 10.9. The number of hydrogen-bond donors (Lipinski definition) is 0. The third-order valence-electron chi connectivity index (χ3n) is 2.90. The summed E-state index contributed by atoms with van der Waals surface area (Å²) >= 11 is 0. The van der Waals surface area contributed by atoms with Crippen LogP contribution in [0.2, 0.25) is 0 Å². The fraction of sp³-hybridized carbons (Fsp3) is 0.938. The number of ether oxygens (including phenoxy) is 4. The summed E-state index contributed by atoms with van der Waals surface area (Å²) in [5, 5.41) is 0. The van der Waals surface area contributed by atoms with Gasteiger partial charge in [0.15, 0.2) is 0 Å². The molecule has 0 aliphatic rings. The van der Waals surface area contributed by atoms with E-state index in [1.54, 1.807) is 0 Å². The molecule has 0 saturated carbocycles. The minimum absolute atomic E-state index is 0.496. The van der Waals surface area contributed by atoms with Crippen molar-refractivity contribution in [1.29, 1.82) is 0 Å². The predicted octanol–water partition coefficient (Wildman–Crippen LogP) is 3.25. The van der Waals surface area contributed by atoms with Gasteiger partial charge >= 0.3 is 0 Å². The minimum Gasteiger partial charge on any atom is -0.379 e. The van der Waals surface area contributed by atoms with Gasteiger partial charge in [-0.1, -0.05) is 39.0 Å². The minimum atomic E-state index is 0.496. The molecule has 0 aromatic rings. The van der Waals surface area contributed by atoms with Crippen LogP contribution in [0, 0.1) is 6.92 Å². The van der Waals surface area contributed by atoms with Gasteiger partial charge in [0, 0.05) is 13.2 Å². The Labute approximate surface area is 125 Å². The Balaban J connectivity index is 2.89. The Morgan fingerprint density at radius 3 is 1.55 bits per heavy atom. The lowest BCUT2D eigenvalue weighted by molar-refractivity contribution is 0.000386. The molecule has 0 bridgehead atoms. The van der Waals surface area contributed by atoms with Crippen LogP contribution in [0.15, 0.2) is 0 Å². The van der Waals surface area contributed by atoms with E-state index in [-0.39, 0.29) is 0 Å². The number of unbranched alkanes of at least 4 members (excludes halogenated alkanes) is 5. The lowest BCUT2D eigenvalue weighted by atomic mass is 10.1.